The van der Waals surface area contributed by atoms with Crippen molar-refractivity contribution in [1.29, 1.82) is 5.26 Å². The third-order valence-electron chi connectivity index (χ3n) is 7.41. The van der Waals surface area contributed by atoms with Gasteiger partial charge in [-0.3, -0.25) is 0 Å². The van der Waals surface area contributed by atoms with Gasteiger partial charge in [-0.25, -0.2) is 15.0 Å². The molecule has 0 aliphatic heterocycles. The molecule has 6 aromatic carbocycles. The van der Waals surface area contributed by atoms with Crippen LogP contribution in [-0.4, -0.2) is 15.0 Å². The number of hydrogen-bond acceptors (Lipinski definition) is 4. The number of benzene rings is 6. The molecular formula is C38H24N4. The Morgan fingerprint density at radius 1 is 0.357 bits per heavy atom. The third kappa shape index (κ3) is 4.70. The fraction of sp³-hybridized carbons (Fsp3) is 0. The highest BCUT2D eigenvalue weighted by molar-refractivity contribution is 6.06. The average molecular weight is 537 g/mol. The SMILES string of the molecule is N#Cc1ccc(-c2ccccc2-c2ccc(-c3nc(-c4ccccc4)nc(-c4ccccc4)n3)c3ccccc23)cc1. The molecule has 0 fully saturated rings. The summed E-state index contributed by atoms with van der Waals surface area (Å²) in [6.07, 6.45) is 0. The standard InChI is InChI=1S/C38H24N4/c39-25-26-19-21-27(22-20-26)30-15-7-8-16-31(30)34-23-24-35(33-18-10-9-17-32(33)34)38-41-36(28-11-3-1-4-12-28)40-37(42-38)29-13-5-2-6-14-29/h1-24H. The van der Waals surface area contributed by atoms with E-state index >= 15 is 0 Å². The van der Waals surface area contributed by atoms with Gasteiger partial charge in [0.25, 0.3) is 0 Å². The highest BCUT2D eigenvalue weighted by Gasteiger charge is 2.17. The first-order valence-corrected chi connectivity index (χ1v) is 13.8. The lowest BCUT2D eigenvalue weighted by molar-refractivity contribution is 1.08. The Kier molecular flexibility index (Phi) is 6.52. The molecule has 4 nitrogen and oxygen atoms in total. The molecule has 196 valence electrons. The maximum absolute atomic E-state index is 9.27. The monoisotopic (exact) mass is 536 g/mol. The van der Waals surface area contributed by atoms with Crippen LogP contribution in [-0.2, 0) is 0 Å². The summed E-state index contributed by atoms with van der Waals surface area (Å²) in [7, 11) is 0. The molecule has 42 heavy (non-hydrogen) atoms. The molecule has 0 bridgehead atoms. The van der Waals surface area contributed by atoms with E-state index in [0.717, 1.165) is 49.7 Å². The van der Waals surface area contributed by atoms with Crippen LogP contribution in [0, 0.1) is 11.3 Å². The number of nitrogens with zero attached hydrogens (tertiary/aromatic N) is 4. The van der Waals surface area contributed by atoms with Crippen LogP contribution in [0.1, 0.15) is 5.56 Å². The van der Waals surface area contributed by atoms with Gasteiger partial charge in [-0.05, 0) is 51.2 Å². The summed E-state index contributed by atoms with van der Waals surface area (Å²) < 4.78 is 0. The molecule has 1 heterocycles. The predicted octanol–water partition coefficient (Wildman–Crippen LogP) is 9.23. The summed E-state index contributed by atoms with van der Waals surface area (Å²) in [5.74, 6) is 1.91. The smallest absolute Gasteiger partial charge is 0.164 e. The fourth-order valence-electron chi connectivity index (χ4n) is 5.35. The van der Waals surface area contributed by atoms with Gasteiger partial charge in [-0.15, -0.1) is 0 Å². The molecule has 0 aliphatic carbocycles. The van der Waals surface area contributed by atoms with Crippen LogP contribution < -0.4 is 0 Å². The van der Waals surface area contributed by atoms with Gasteiger partial charge in [-0.1, -0.05) is 127 Å². The van der Waals surface area contributed by atoms with E-state index in [-0.39, 0.29) is 0 Å². The highest BCUT2D eigenvalue weighted by Crippen LogP contribution is 2.39. The first-order chi connectivity index (χ1) is 20.8. The summed E-state index contributed by atoms with van der Waals surface area (Å²) in [5, 5.41) is 11.4. The molecule has 0 amide bonds. The van der Waals surface area contributed by atoms with E-state index in [1.165, 1.54) is 0 Å². The lowest BCUT2D eigenvalue weighted by Gasteiger charge is -2.15. The second-order valence-electron chi connectivity index (χ2n) is 9.98. The topological polar surface area (TPSA) is 62.5 Å². The molecule has 0 aliphatic rings. The van der Waals surface area contributed by atoms with Gasteiger partial charge in [0, 0.05) is 16.7 Å². The quantitative estimate of drug-likeness (QED) is 0.220. The minimum atomic E-state index is 0.630. The predicted molar refractivity (Wildman–Crippen MR) is 169 cm³/mol. The summed E-state index contributed by atoms with van der Waals surface area (Å²) in [5.41, 5.74) is 7.89. The number of fused-ring (bicyclic) bond motifs is 1. The molecule has 7 aromatic rings. The van der Waals surface area contributed by atoms with Gasteiger partial charge >= 0.3 is 0 Å². The van der Waals surface area contributed by atoms with Crippen molar-refractivity contribution in [3.63, 3.8) is 0 Å². The molecular weight excluding hydrogens is 512 g/mol. The largest absolute Gasteiger partial charge is 0.208 e. The summed E-state index contributed by atoms with van der Waals surface area (Å²) in [4.78, 5) is 14.8. The molecule has 0 N–H and O–H groups in total. The van der Waals surface area contributed by atoms with E-state index < -0.39 is 0 Å². The van der Waals surface area contributed by atoms with E-state index in [2.05, 4.69) is 66.7 Å². The first-order valence-electron chi connectivity index (χ1n) is 13.8. The molecule has 0 atom stereocenters. The first kappa shape index (κ1) is 25.1. The zero-order chi connectivity index (χ0) is 28.3. The van der Waals surface area contributed by atoms with E-state index in [1.807, 2.05) is 84.9 Å². The minimum Gasteiger partial charge on any atom is -0.208 e. The zero-order valence-electron chi connectivity index (χ0n) is 22.6. The molecule has 0 spiro atoms. The summed E-state index contributed by atoms with van der Waals surface area (Å²) in [6.45, 7) is 0. The van der Waals surface area contributed by atoms with Crippen molar-refractivity contribution in [2.75, 3.05) is 0 Å². The minimum absolute atomic E-state index is 0.630. The van der Waals surface area contributed by atoms with Crippen molar-refractivity contribution in [2.45, 2.75) is 0 Å². The van der Waals surface area contributed by atoms with Crippen molar-refractivity contribution in [3.8, 4) is 62.5 Å². The van der Waals surface area contributed by atoms with Crippen LogP contribution in [0.2, 0.25) is 0 Å². The van der Waals surface area contributed by atoms with E-state index in [4.69, 9.17) is 15.0 Å². The Bertz CT molecular complexity index is 2020. The lowest BCUT2D eigenvalue weighted by Crippen LogP contribution is -2.00. The van der Waals surface area contributed by atoms with Gasteiger partial charge in [-0.2, -0.15) is 5.26 Å². The fourth-order valence-corrected chi connectivity index (χ4v) is 5.35. The van der Waals surface area contributed by atoms with Gasteiger partial charge in [0.05, 0.1) is 11.6 Å². The maximum Gasteiger partial charge on any atom is 0.164 e. The molecule has 0 saturated carbocycles. The van der Waals surface area contributed by atoms with Crippen LogP contribution in [0.5, 0.6) is 0 Å². The normalized spacial score (nSPS) is 10.8. The third-order valence-corrected chi connectivity index (χ3v) is 7.41. The maximum atomic E-state index is 9.27. The van der Waals surface area contributed by atoms with Crippen LogP contribution in [0.15, 0.2) is 146 Å². The Labute approximate surface area is 244 Å². The van der Waals surface area contributed by atoms with Gasteiger partial charge in [0.15, 0.2) is 17.5 Å². The Hall–Kier alpha value is -5.92. The van der Waals surface area contributed by atoms with Crippen LogP contribution in [0.25, 0.3) is 67.2 Å². The van der Waals surface area contributed by atoms with E-state index in [0.29, 0.717) is 23.0 Å². The van der Waals surface area contributed by atoms with Crippen molar-refractivity contribution >= 4 is 10.8 Å². The zero-order valence-corrected chi connectivity index (χ0v) is 22.6. The van der Waals surface area contributed by atoms with Crippen molar-refractivity contribution < 1.29 is 0 Å². The van der Waals surface area contributed by atoms with Gasteiger partial charge in [0.2, 0.25) is 0 Å². The lowest BCUT2D eigenvalue weighted by atomic mass is 9.89. The Morgan fingerprint density at radius 2 is 0.833 bits per heavy atom. The van der Waals surface area contributed by atoms with Crippen molar-refractivity contribution in [1.82, 2.24) is 15.0 Å². The summed E-state index contributed by atoms with van der Waals surface area (Å²) in [6, 6.07) is 51.1. The molecule has 7 rings (SSSR count). The number of nitriles is 1. The van der Waals surface area contributed by atoms with E-state index in [9.17, 15) is 5.26 Å². The molecule has 0 saturated heterocycles. The molecule has 1 aromatic heterocycles. The molecule has 0 radical (unpaired) electrons. The number of hydrogen-bond donors (Lipinski definition) is 0. The average Bonchev–Trinajstić information content (AvgIpc) is 3.08. The number of rotatable bonds is 5. The van der Waals surface area contributed by atoms with Crippen LogP contribution >= 0.6 is 0 Å². The molecule has 4 heteroatoms. The van der Waals surface area contributed by atoms with Crippen LogP contribution in [0.4, 0.5) is 0 Å². The Morgan fingerprint density at radius 3 is 1.43 bits per heavy atom. The molecule has 0 unspecified atom stereocenters. The van der Waals surface area contributed by atoms with Gasteiger partial charge < -0.3 is 0 Å². The van der Waals surface area contributed by atoms with Crippen molar-refractivity contribution in [3.05, 3.63) is 151 Å². The van der Waals surface area contributed by atoms with Gasteiger partial charge in [0.1, 0.15) is 0 Å². The van der Waals surface area contributed by atoms with E-state index in [1.54, 1.807) is 0 Å². The van der Waals surface area contributed by atoms with Crippen LogP contribution in [0.3, 0.4) is 0 Å². The second kappa shape index (κ2) is 10.9. The highest BCUT2D eigenvalue weighted by atomic mass is 15.0. The second-order valence-corrected chi connectivity index (χ2v) is 9.98. The summed E-state index contributed by atoms with van der Waals surface area (Å²) >= 11 is 0. The number of aromatic nitrogens is 3. The Balaban J connectivity index is 1.42. The van der Waals surface area contributed by atoms with Crippen molar-refractivity contribution in [2.24, 2.45) is 0 Å².